The Morgan fingerprint density at radius 1 is 1.16 bits per heavy atom. The third-order valence-corrected chi connectivity index (χ3v) is 6.31. The first-order valence-corrected chi connectivity index (χ1v) is 11.7. The van der Waals surface area contributed by atoms with E-state index < -0.39 is 5.60 Å². The van der Waals surface area contributed by atoms with Gasteiger partial charge in [-0.3, -0.25) is 4.79 Å². The molecule has 0 N–H and O–H groups in total. The molecule has 1 amide bonds. The molecule has 6 nitrogen and oxygen atoms in total. The van der Waals surface area contributed by atoms with Gasteiger partial charge in [0.2, 0.25) is 0 Å². The molecule has 2 fully saturated rings. The van der Waals surface area contributed by atoms with Gasteiger partial charge in [-0.05, 0) is 52.5 Å². The fourth-order valence-corrected chi connectivity index (χ4v) is 4.54. The maximum atomic E-state index is 13.2. The highest BCUT2D eigenvalue weighted by molar-refractivity contribution is 5.70. The van der Waals surface area contributed by atoms with Crippen LogP contribution in [0.25, 0.3) is 6.08 Å². The molecule has 0 bridgehead atoms. The second-order valence-corrected chi connectivity index (χ2v) is 10.00. The van der Waals surface area contributed by atoms with Crippen LogP contribution in [0.1, 0.15) is 58.9 Å². The molecule has 1 aromatic rings. The Morgan fingerprint density at radius 3 is 2.41 bits per heavy atom. The number of likely N-dealkylation sites (tertiary alicyclic amines) is 1. The number of hydrogen-bond donors (Lipinski definition) is 0. The van der Waals surface area contributed by atoms with Crippen molar-refractivity contribution in [3.8, 4) is 0 Å². The Morgan fingerprint density at radius 2 is 1.81 bits per heavy atom. The number of carbonyl (C=O) groups excluding carboxylic acids is 2. The predicted octanol–water partition coefficient (Wildman–Crippen LogP) is 4.74. The van der Waals surface area contributed by atoms with E-state index in [1.165, 1.54) is 18.2 Å². The van der Waals surface area contributed by atoms with Gasteiger partial charge in [0.1, 0.15) is 5.60 Å². The van der Waals surface area contributed by atoms with Crippen molar-refractivity contribution >= 4 is 18.1 Å². The van der Waals surface area contributed by atoms with Gasteiger partial charge in [0, 0.05) is 37.6 Å². The minimum absolute atomic E-state index is 0.166. The highest BCUT2D eigenvalue weighted by atomic mass is 16.6. The van der Waals surface area contributed by atoms with Crippen LogP contribution in [0.4, 0.5) is 4.79 Å². The Kier molecular flexibility index (Phi) is 7.99. The van der Waals surface area contributed by atoms with E-state index in [2.05, 4.69) is 30.0 Å². The summed E-state index contributed by atoms with van der Waals surface area (Å²) in [7, 11) is 1.42. The molecule has 176 valence electrons. The zero-order valence-corrected chi connectivity index (χ0v) is 20.2. The maximum absolute atomic E-state index is 13.2. The number of piperidine rings is 1. The molecule has 0 spiro atoms. The number of amides is 1. The molecule has 32 heavy (non-hydrogen) atoms. The Labute approximate surface area is 192 Å². The molecule has 6 heteroatoms. The van der Waals surface area contributed by atoms with Gasteiger partial charge in [0.05, 0.1) is 13.5 Å². The molecule has 1 saturated carbocycles. The van der Waals surface area contributed by atoms with E-state index in [-0.39, 0.29) is 24.1 Å². The molecule has 1 aliphatic heterocycles. The fraction of sp³-hybridized carbons (Fsp3) is 0.615. The van der Waals surface area contributed by atoms with Crippen LogP contribution in [0, 0.1) is 5.92 Å². The summed E-state index contributed by atoms with van der Waals surface area (Å²) in [4.78, 5) is 29.0. The van der Waals surface area contributed by atoms with Crippen LogP contribution in [0.2, 0.25) is 0 Å². The van der Waals surface area contributed by atoms with Crippen molar-refractivity contribution in [2.24, 2.45) is 5.92 Å². The molecule has 2 atom stereocenters. The van der Waals surface area contributed by atoms with Crippen LogP contribution in [0.5, 0.6) is 0 Å². The second kappa shape index (κ2) is 10.5. The van der Waals surface area contributed by atoms with Crippen molar-refractivity contribution in [1.29, 1.82) is 0 Å². The lowest BCUT2D eigenvalue weighted by molar-refractivity contribution is -0.141. The van der Waals surface area contributed by atoms with Crippen LogP contribution in [0.15, 0.2) is 35.9 Å². The average Bonchev–Trinajstić information content (AvgIpc) is 3.53. The molecule has 0 unspecified atom stereocenters. The summed E-state index contributed by atoms with van der Waals surface area (Å²) < 4.78 is 10.6. The zero-order chi connectivity index (χ0) is 23.3. The SMILES string of the molecule is COC(=O)CCN1CCC(N(C(=O)OC(C)(C)C)[C@@H]2C[C@H]2C(C)=Cc2ccccc2)CC1. The van der Waals surface area contributed by atoms with Gasteiger partial charge in [-0.15, -0.1) is 0 Å². The fourth-order valence-electron chi connectivity index (χ4n) is 4.54. The first kappa shape index (κ1) is 24.3. The van der Waals surface area contributed by atoms with E-state index >= 15 is 0 Å². The summed E-state index contributed by atoms with van der Waals surface area (Å²) in [6.07, 6.45) is 5.21. The van der Waals surface area contributed by atoms with Crippen LogP contribution >= 0.6 is 0 Å². The summed E-state index contributed by atoms with van der Waals surface area (Å²) in [5, 5.41) is 0. The van der Waals surface area contributed by atoms with Crippen LogP contribution in [0.3, 0.4) is 0 Å². The number of nitrogens with zero attached hydrogens (tertiary/aromatic N) is 2. The molecule has 0 aromatic heterocycles. The smallest absolute Gasteiger partial charge is 0.410 e. The summed E-state index contributed by atoms with van der Waals surface area (Å²) in [5.74, 6) is 0.198. The number of hydrogen-bond acceptors (Lipinski definition) is 5. The minimum Gasteiger partial charge on any atom is -0.469 e. The highest BCUT2D eigenvalue weighted by Crippen LogP contribution is 2.44. The molecule has 2 aliphatic rings. The first-order chi connectivity index (χ1) is 15.2. The monoisotopic (exact) mass is 442 g/mol. The predicted molar refractivity (Wildman–Crippen MR) is 126 cm³/mol. The number of ether oxygens (including phenoxy) is 2. The molecular weight excluding hydrogens is 404 g/mol. The van der Waals surface area contributed by atoms with Crippen molar-refractivity contribution in [2.75, 3.05) is 26.7 Å². The number of methoxy groups -OCH3 is 1. The van der Waals surface area contributed by atoms with Gasteiger partial charge in [-0.1, -0.05) is 42.0 Å². The summed E-state index contributed by atoms with van der Waals surface area (Å²) in [6, 6.07) is 10.7. The Balaban J connectivity index is 1.66. The molecule has 1 aliphatic carbocycles. The molecular formula is C26H38N2O4. The molecule has 0 radical (unpaired) electrons. The lowest BCUT2D eigenvalue weighted by Crippen LogP contribution is -2.50. The van der Waals surface area contributed by atoms with Crippen LogP contribution < -0.4 is 0 Å². The summed E-state index contributed by atoms with van der Waals surface area (Å²) in [6.45, 7) is 10.4. The lowest BCUT2D eigenvalue weighted by Gasteiger charge is -2.39. The van der Waals surface area contributed by atoms with Crippen molar-refractivity contribution in [1.82, 2.24) is 9.80 Å². The number of rotatable bonds is 7. The Bertz CT molecular complexity index is 807. The van der Waals surface area contributed by atoms with Gasteiger partial charge < -0.3 is 19.3 Å². The van der Waals surface area contributed by atoms with Crippen molar-refractivity contribution in [2.45, 2.75) is 71.1 Å². The first-order valence-electron chi connectivity index (χ1n) is 11.7. The van der Waals surface area contributed by atoms with Crippen molar-refractivity contribution < 1.29 is 19.1 Å². The Hall–Kier alpha value is -2.34. The number of carbonyl (C=O) groups is 2. The summed E-state index contributed by atoms with van der Waals surface area (Å²) in [5.41, 5.74) is 1.99. The normalized spacial score (nSPS) is 22.3. The standard InChI is InChI=1S/C26H38N2O4/c1-19(17-20-9-7-6-8-10-20)22-18-23(22)28(25(30)32-26(2,3)4)21-11-14-27(15-12-21)16-13-24(29)31-5/h6-10,17,21-23H,11-16,18H2,1-5H3/t22-,23+/m0/s1. The molecule has 1 aromatic carbocycles. The molecule has 1 saturated heterocycles. The van der Waals surface area contributed by atoms with Gasteiger partial charge in [-0.25, -0.2) is 4.79 Å². The van der Waals surface area contributed by atoms with E-state index in [0.717, 1.165) is 32.4 Å². The lowest BCUT2D eigenvalue weighted by atomic mass is 10.0. The average molecular weight is 443 g/mol. The molecule has 1 heterocycles. The quantitative estimate of drug-likeness (QED) is 0.571. The summed E-state index contributed by atoms with van der Waals surface area (Å²) >= 11 is 0. The third-order valence-electron chi connectivity index (χ3n) is 6.31. The van der Waals surface area contributed by atoms with Gasteiger partial charge in [0.15, 0.2) is 0 Å². The zero-order valence-electron chi connectivity index (χ0n) is 20.2. The highest BCUT2D eigenvalue weighted by Gasteiger charge is 2.48. The van der Waals surface area contributed by atoms with Crippen LogP contribution in [-0.2, 0) is 14.3 Å². The minimum atomic E-state index is -0.518. The van der Waals surface area contributed by atoms with Gasteiger partial charge >= 0.3 is 12.1 Å². The molecule has 3 rings (SSSR count). The van der Waals surface area contributed by atoms with Crippen molar-refractivity contribution in [3.63, 3.8) is 0 Å². The van der Waals surface area contributed by atoms with Gasteiger partial charge in [-0.2, -0.15) is 0 Å². The van der Waals surface area contributed by atoms with E-state index in [1.54, 1.807) is 0 Å². The number of esters is 1. The third kappa shape index (κ3) is 6.83. The van der Waals surface area contributed by atoms with E-state index in [9.17, 15) is 9.59 Å². The van der Waals surface area contributed by atoms with E-state index in [4.69, 9.17) is 9.47 Å². The van der Waals surface area contributed by atoms with Gasteiger partial charge in [0.25, 0.3) is 0 Å². The van der Waals surface area contributed by atoms with Crippen LogP contribution in [-0.4, -0.2) is 66.3 Å². The maximum Gasteiger partial charge on any atom is 0.410 e. The largest absolute Gasteiger partial charge is 0.469 e. The number of benzene rings is 1. The van der Waals surface area contributed by atoms with E-state index in [0.29, 0.717) is 18.9 Å². The topological polar surface area (TPSA) is 59.1 Å². The van der Waals surface area contributed by atoms with Crippen molar-refractivity contribution in [3.05, 3.63) is 41.5 Å². The second-order valence-electron chi connectivity index (χ2n) is 10.00. The van der Waals surface area contributed by atoms with E-state index in [1.807, 2.05) is 43.9 Å².